The summed E-state index contributed by atoms with van der Waals surface area (Å²) in [5, 5.41) is 0. The number of sulfonamides is 1. The van der Waals surface area contributed by atoms with Gasteiger partial charge in [-0.3, -0.25) is 4.79 Å². The van der Waals surface area contributed by atoms with Gasteiger partial charge >= 0.3 is 0 Å². The van der Waals surface area contributed by atoms with Crippen molar-refractivity contribution >= 4 is 15.9 Å². The van der Waals surface area contributed by atoms with Gasteiger partial charge in [-0.15, -0.1) is 0 Å². The Morgan fingerprint density at radius 3 is 2.18 bits per heavy atom. The SMILES string of the molecule is CCOc1ccc(S(=O)(=O)NC(=O)Cc2ccc(C(C)C)cc2)cc1C(C)C. The van der Waals surface area contributed by atoms with Crippen molar-refractivity contribution in [3.8, 4) is 5.75 Å². The predicted octanol–water partition coefficient (Wildman–Crippen LogP) is 4.38. The summed E-state index contributed by atoms with van der Waals surface area (Å²) in [6.07, 6.45) is 0.00563. The van der Waals surface area contributed by atoms with Gasteiger partial charge in [-0.05, 0) is 53.6 Å². The number of ether oxygens (including phenoxy) is 1. The van der Waals surface area contributed by atoms with E-state index in [4.69, 9.17) is 4.74 Å². The molecule has 0 bridgehead atoms. The van der Waals surface area contributed by atoms with Crippen molar-refractivity contribution in [1.29, 1.82) is 0 Å². The standard InChI is InChI=1S/C22H29NO4S/c1-6-27-21-12-11-19(14-20(21)16(4)5)28(25,26)23-22(24)13-17-7-9-18(10-8-17)15(2)3/h7-12,14-16H,6,13H2,1-5H3,(H,23,24). The second-order valence-electron chi connectivity index (χ2n) is 7.39. The van der Waals surface area contributed by atoms with E-state index in [1.807, 2.05) is 45.0 Å². The molecule has 0 heterocycles. The lowest BCUT2D eigenvalue weighted by Crippen LogP contribution is -2.31. The molecule has 1 amide bonds. The number of benzene rings is 2. The van der Waals surface area contributed by atoms with Crippen LogP contribution in [0.1, 0.15) is 63.1 Å². The van der Waals surface area contributed by atoms with E-state index in [2.05, 4.69) is 18.6 Å². The molecule has 0 aliphatic heterocycles. The molecule has 28 heavy (non-hydrogen) atoms. The molecule has 1 N–H and O–H groups in total. The zero-order valence-electron chi connectivity index (χ0n) is 17.2. The molecule has 0 atom stereocenters. The van der Waals surface area contributed by atoms with Gasteiger partial charge in [0.1, 0.15) is 5.75 Å². The van der Waals surface area contributed by atoms with Crippen molar-refractivity contribution in [3.05, 3.63) is 59.2 Å². The van der Waals surface area contributed by atoms with Crippen LogP contribution >= 0.6 is 0 Å². The average Bonchev–Trinajstić information content (AvgIpc) is 2.61. The minimum atomic E-state index is -3.94. The van der Waals surface area contributed by atoms with Crippen LogP contribution in [0.15, 0.2) is 47.4 Å². The van der Waals surface area contributed by atoms with Crippen molar-refractivity contribution < 1.29 is 17.9 Å². The summed E-state index contributed by atoms with van der Waals surface area (Å²) in [6.45, 7) is 10.5. The van der Waals surface area contributed by atoms with Crippen molar-refractivity contribution in [2.75, 3.05) is 6.61 Å². The lowest BCUT2D eigenvalue weighted by atomic mass is 10.0. The van der Waals surface area contributed by atoms with Crippen LogP contribution in [0.2, 0.25) is 0 Å². The average molecular weight is 404 g/mol. The van der Waals surface area contributed by atoms with Gasteiger partial charge in [0.05, 0.1) is 17.9 Å². The van der Waals surface area contributed by atoms with Crippen molar-refractivity contribution in [3.63, 3.8) is 0 Å². The van der Waals surface area contributed by atoms with Gasteiger partial charge in [-0.2, -0.15) is 0 Å². The van der Waals surface area contributed by atoms with E-state index in [1.54, 1.807) is 12.1 Å². The minimum absolute atomic E-state index is 0.00563. The summed E-state index contributed by atoms with van der Waals surface area (Å²) in [7, 11) is -3.94. The number of carbonyl (C=O) groups excluding carboxylic acids is 1. The maximum absolute atomic E-state index is 12.6. The molecular formula is C22H29NO4S. The van der Waals surface area contributed by atoms with E-state index in [0.717, 1.165) is 11.1 Å². The van der Waals surface area contributed by atoms with Gasteiger partial charge in [0.15, 0.2) is 0 Å². The van der Waals surface area contributed by atoms with Crippen LogP contribution in [0.25, 0.3) is 0 Å². The highest BCUT2D eigenvalue weighted by atomic mass is 32.2. The van der Waals surface area contributed by atoms with Crippen molar-refractivity contribution in [1.82, 2.24) is 4.72 Å². The third-order valence-corrected chi connectivity index (χ3v) is 5.84. The number of nitrogens with one attached hydrogen (secondary N) is 1. The number of amides is 1. The highest BCUT2D eigenvalue weighted by Gasteiger charge is 2.20. The fourth-order valence-corrected chi connectivity index (χ4v) is 3.90. The highest BCUT2D eigenvalue weighted by Crippen LogP contribution is 2.29. The van der Waals surface area contributed by atoms with E-state index in [-0.39, 0.29) is 17.2 Å². The molecule has 2 aromatic rings. The van der Waals surface area contributed by atoms with Crippen LogP contribution in [0.5, 0.6) is 5.75 Å². The van der Waals surface area contributed by atoms with Gasteiger partial charge in [-0.1, -0.05) is 52.0 Å². The van der Waals surface area contributed by atoms with Crippen LogP contribution in [-0.2, 0) is 21.2 Å². The second-order valence-corrected chi connectivity index (χ2v) is 9.07. The predicted molar refractivity (Wildman–Crippen MR) is 111 cm³/mol. The molecule has 152 valence electrons. The zero-order valence-corrected chi connectivity index (χ0v) is 18.0. The van der Waals surface area contributed by atoms with Crippen LogP contribution in [0.3, 0.4) is 0 Å². The molecule has 0 unspecified atom stereocenters. The second kappa shape index (κ2) is 9.24. The number of hydrogen-bond donors (Lipinski definition) is 1. The largest absolute Gasteiger partial charge is 0.494 e. The van der Waals surface area contributed by atoms with Gasteiger partial charge < -0.3 is 4.74 Å². The summed E-state index contributed by atoms with van der Waals surface area (Å²) < 4.78 is 33.0. The highest BCUT2D eigenvalue weighted by molar-refractivity contribution is 7.90. The Labute approximate surface area is 168 Å². The van der Waals surface area contributed by atoms with Gasteiger partial charge in [-0.25, -0.2) is 13.1 Å². The molecular weight excluding hydrogens is 374 g/mol. The molecule has 0 aliphatic rings. The quantitative estimate of drug-likeness (QED) is 0.710. The molecule has 2 aromatic carbocycles. The third kappa shape index (κ3) is 5.58. The number of hydrogen-bond acceptors (Lipinski definition) is 4. The van der Waals surface area contributed by atoms with Crippen molar-refractivity contribution in [2.45, 2.75) is 57.8 Å². The molecule has 0 radical (unpaired) electrons. The van der Waals surface area contributed by atoms with E-state index in [9.17, 15) is 13.2 Å². The van der Waals surface area contributed by atoms with Crippen LogP contribution in [0, 0.1) is 0 Å². The van der Waals surface area contributed by atoms with Crippen molar-refractivity contribution in [2.24, 2.45) is 0 Å². The van der Waals surface area contributed by atoms with Crippen LogP contribution in [-0.4, -0.2) is 20.9 Å². The lowest BCUT2D eigenvalue weighted by molar-refractivity contribution is -0.118. The normalized spacial score (nSPS) is 11.7. The first kappa shape index (κ1) is 22.0. The maximum atomic E-state index is 12.6. The maximum Gasteiger partial charge on any atom is 0.264 e. The molecule has 0 aromatic heterocycles. The Kier molecular flexibility index (Phi) is 7.24. The lowest BCUT2D eigenvalue weighted by Gasteiger charge is -2.15. The summed E-state index contributed by atoms with van der Waals surface area (Å²) in [4.78, 5) is 12.4. The Bertz CT molecular complexity index is 916. The van der Waals surface area contributed by atoms with E-state index in [0.29, 0.717) is 18.3 Å². The molecule has 0 aliphatic carbocycles. The summed E-state index contributed by atoms with van der Waals surface area (Å²) in [5.41, 5.74) is 2.74. The first-order valence-corrected chi connectivity index (χ1v) is 11.0. The Balaban J connectivity index is 2.16. The van der Waals surface area contributed by atoms with Crippen LogP contribution in [0.4, 0.5) is 0 Å². The monoisotopic (exact) mass is 403 g/mol. The Morgan fingerprint density at radius 1 is 1.00 bits per heavy atom. The Morgan fingerprint density at radius 2 is 1.64 bits per heavy atom. The topological polar surface area (TPSA) is 72.5 Å². The minimum Gasteiger partial charge on any atom is -0.494 e. The summed E-state index contributed by atoms with van der Waals surface area (Å²) >= 11 is 0. The fraction of sp³-hybridized carbons (Fsp3) is 0.409. The first-order chi connectivity index (χ1) is 13.1. The zero-order chi connectivity index (χ0) is 20.9. The smallest absolute Gasteiger partial charge is 0.264 e. The van der Waals surface area contributed by atoms with Gasteiger partial charge in [0.25, 0.3) is 10.0 Å². The van der Waals surface area contributed by atoms with Crippen LogP contribution < -0.4 is 9.46 Å². The van der Waals surface area contributed by atoms with Gasteiger partial charge in [0, 0.05) is 0 Å². The van der Waals surface area contributed by atoms with Gasteiger partial charge in [0.2, 0.25) is 5.91 Å². The number of carbonyl (C=O) groups is 1. The van der Waals surface area contributed by atoms with E-state index < -0.39 is 15.9 Å². The molecule has 0 fully saturated rings. The third-order valence-electron chi connectivity index (χ3n) is 4.47. The first-order valence-electron chi connectivity index (χ1n) is 9.55. The molecule has 6 heteroatoms. The molecule has 0 saturated heterocycles. The Hall–Kier alpha value is -2.34. The van der Waals surface area contributed by atoms with E-state index in [1.165, 1.54) is 11.6 Å². The van der Waals surface area contributed by atoms with E-state index >= 15 is 0 Å². The summed E-state index contributed by atoms with van der Waals surface area (Å²) in [5.74, 6) is 0.593. The molecule has 0 spiro atoms. The molecule has 5 nitrogen and oxygen atoms in total. The summed E-state index contributed by atoms with van der Waals surface area (Å²) in [6, 6.07) is 12.3. The fourth-order valence-electron chi connectivity index (χ4n) is 2.88. The molecule has 0 saturated carbocycles. The molecule has 2 rings (SSSR count). The number of rotatable bonds is 8.